The van der Waals surface area contributed by atoms with Crippen molar-refractivity contribution in [3.05, 3.63) is 33.8 Å². The van der Waals surface area contributed by atoms with Crippen LogP contribution in [0.2, 0.25) is 0 Å². The first-order valence-corrected chi connectivity index (χ1v) is 7.63. The van der Waals surface area contributed by atoms with Gasteiger partial charge in [0.05, 0.1) is 0 Å². The van der Waals surface area contributed by atoms with E-state index in [1.807, 2.05) is 0 Å². The Balaban J connectivity index is 1.73. The molecule has 1 unspecified atom stereocenters. The van der Waals surface area contributed by atoms with Gasteiger partial charge in [0.15, 0.2) is 0 Å². The molecular formula is C15H20BrN. The van der Waals surface area contributed by atoms with Gasteiger partial charge in [-0.3, -0.25) is 0 Å². The van der Waals surface area contributed by atoms with Gasteiger partial charge in [-0.05, 0) is 68.5 Å². The summed E-state index contributed by atoms with van der Waals surface area (Å²) in [6, 6.07) is 7.62. The fourth-order valence-corrected chi connectivity index (χ4v) is 3.71. The second-order valence-electron chi connectivity index (χ2n) is 5.41. The third-order valence-corrected chi connectivity index (χ3v) is 4.77. The molecule has 2 heteroatoms. The Bertz CT molecular complexity index is 396. The third kappa shape index (κ3) is 2.58. The van der Waals surface area contributed by atoms with Crippen molar-refractivity contribution in [3.63, 3.8) is 0 Å². The van der Waals surface area contributed by atoms with Crippen LogP contribution in [0.1, 0.15) is 36.8 Å². The lowest BCUT2D eigenvalue weighted by Gasteiger charge is -2.37. The zero-order valence-corrected chi connectivity index (χ0v) is 11.9. The van der Waals surface area contributed by atoms with Crippen LogP contribution in [0.25, 0.3) is 0 Å². The maximum absolute atomic E-state index is 3.57. The maximum Gasteiger partial charge on any atom is 0.0178 e. The van der Waals surface area contributed by atoms with Gasteiger partial charge in [0.25, 0.3) is 0 Å². The molecule has 3 rings (SSSR count). The van der Waals surface area contributed by atoms with Crippen molar-refractivity contribution < 1.29 is 0 Å². The Labute approximate surface area is 112 Å². The van der Waals surface area contributed by atoms with Crippen molar-refractivity contribution in [2.24, 2.45) is 0 Å². The van der Waals surface area contributed by atoms with Crippen LogP contribution < -0.4 is 0 Å². The van der Waals surface area contributed by atoms with Crippen LogP contribution in [0.15, 0.2) is 22.7 Å². The van der Waals surface area contributed by atoms with E-state index in [1.54, 1.807) is 11.1 Å². The normalized spacial score (nSPS) is 25.6. The minimum absolute atomic E-state index is 0.809. The number of halogens is 1. The summed E-state index contributed by atoms with van der Waals surface area (Å²) in [5.74, 6) is 0. The standard InChI is InChI=1S/C15H20BrN/c16-14-6-4-13-11-15(7-5-12(13)10-14)17-8-2-1-3-9-17/h4,6,10,15H,1-3,5,7-9,11H2. The molecule has 0 amide bonds. The molecule has 2 aliphatic rings. The fourth-order valence-electron chi connectivity index (χ4n) is 3.30. The first kappa shape index (κ1) is 11.7. The first-order chi connectivity index (χ1) is 8.33. The summed E-state index contributed by atoms with van der Waals surface area (Å²) in [4.78, 5) is 2.73. The largest absolute Gasteiger partial charge is 0.300 e. The van der Waals surface area contributed by atoms with Gasteiger partial charge in [-0.25, -0.2) is 0 Å². The van der Waals surface area contributed by atoms with Crippen molar-refractivity contribution in [2.75, 3.05) is 13.1 Å². The van der Waals surface area contributed by atoms with Gasteiger partial charge in [0.1, 0.15) is 0 Å². The molecule has 0 saturated carbocycles. The summed E-state index contributed by atoms with van der Waals surface area (Å²) < 4.78 is 1.23. The lowest BCUT2D eigenvalue weighted by molar-refractivity contribution is 0.150. The van der Waals surface area contributed by atoms with Gasteiger partial charge in [0.2, 0.25) is 0 Å². The maximum atomic E-state index is 3.57. The number of likely N-dealkylation sites (tertiary alicyclic amines) is 1. The number of hydrogen-bond donors (Lipinski definition) is 0. The van der Waals surface area contributed by atoms with Crippen molar-refractivity contribution in [2.45, 2.75) is 44.6 Å². The Kier molecular flexibility index (Phi) is 3.53. The van der Waals surface area contributed by atoms with Gasteiger partial charge >= 0.3 is 0 Å². The number of piperidine rings is 1. The van der Waals surface area contributed by atoms with Crippen LogP contribution in [-0.4, -0.2) is 24.0 Å². The molecule has 0 aromatic heterocycles. The second kappa shape index (κ2) is 5.11. The molecule has 1 fully saturated rings. The molecule has 1 aliphatic heterocycles. The molecule has 1 nitrogen and oxygen atoms in total. The number of fused-ring (bicyclic) bond motifs is 1. The highest BCUT2D eigenvalue weighted by Gasteiger charge is 2.25. The van der Waals surface area contributed by atoms with E-state index < -0.39 is 0 Å². The number of aryl methyl sites for hydroxylation is 1. The van der Waals surface area contributed by atoms with Crippen molar-refractivity contribution in [3.8, 4) is 0 Å². The monoisotopic (exact) mass is 293 g/mol. The van der Waals surface area contributed by atoms with Crippen LogP contribution in [-0.2, 0) is 12.8 Å². The molecular weight excluding hydrogens is 274 g/mol. The quantitative estimate of drug-likeness (QED) is 0.761. The van der Waals surface area contributed by atoms with Gasteiger partial charge in [-0.2, -0.15) is 0 Å². The Hall–Kier alpha value is -0.340. The topological polar surface area (TPSA) is 3.24 Å². The Morgan fingerprint density at radius 3 is 2.71 bits per heavy atom. The van der Waals surface area contributed by atoms with E-state index in [1.165, 1.54) is 56.1 Å². The van der Waals surface area contributed by atoms with E-state index in [-0.39, 0.29) is 0 Å². The molecule has 0 bridgehead atoms. The lowest BCUT2D eigenvalue weighted by atomic mass is 9.87. The second-order valence-corrected chi connectivity index (χ2v) is 6.32. The van der Waals surface area contributed by atoms with Crippen LogP contribution in [0, 0.1) is 0 Å². The molecule has 0 spiro atoms. The number of benzene rings is 1. The van der Waals surface area contributed by atoms with Crippen molar-refractivity contribution in [1.82, 2.24) is 4.90 Å². The lowest BCUT2D eigenvalue weighted by Crippen LogP contribution is -2.42. The van der Waals surface area contributed by atoms with Crippen LogP contribution in [0.3, 0.4) is 0 Å². The zero-order chi connectivity index (χ0) is 11.7. The highest BCUT2D eigenvalue weighted by atomic mass is 79.9. The molecule has 1 heterocycles. The molecule has 92 valence electrons. The highest BCUT2D eigenvalue weighted by Crippen LogP contribution is 2.28. The fraction of sp³-hybridized carbons (Fsp3) is 0.600. The Morgan fingerprint density at radius 2 is 1.88 bits per heavy atom. The Morgan fingerprint density at radius 1 is 1.06 bits per heavy atom. The minimum atomic E-state index is 0.809. The number of nitrogens with zero attached hydrogens (tertiary/aromatic N) is 1. The van der Waals surface area contributed by atoms with Crippen LogP contribution >= 0.6 is 15.9 Å². The molecule has 17 heavy (non-hydrogen) atoms. The van der Waals surface area contributed by atoms with Gasteiger partial charge in [-0.1, -0.05) is 28.4 Å². The average molecular weight is 294 g/mol. The van der Waals surface area contributed by atoms with E-state index >= 15 is 0 Å². The summed E-state index contributed by atoms with van der Waals surface area (Å²) in [5.41, 5.74) is 3.14. The van der Waals surface area contributed by atoms with E-state index in [4.69, 9.17) is 0 Å². The molecule has 0 N–H and O–H groups in total. The summed E-state index contributed by atoms with van der Waals surface area (Å²) >= 11 is 3.57. The first-order valence-electron chi connectivity index (χ1n) is 6.84. The summed E-state index contributed by atoms with van der Waals surface area (Å²) in [6.45, 7) is 2.66. The molecule has 1 atom stereocenters. The van der Waals surface area contributed by atoms with Crippen LogP contribution in [0.4, 0.5) is 0 Å². The molecule has 1 saturated heterocycles. The van der Waals surface area contributed by atoms with Crippen LogP contribution in [0.5, 0.6) is 0 Å². The molecule has 0 radical (unpaired) electrons. The van der Waals surface area contributed by atoms with Gasteiger partial charge in [0, 0.05) is 10.5 Å². The number of hydrogen-bond acceptors (Lipinski definition) is 1. The highest BCUT2D eigenvalue weighted by molar-refractivity contribution is 9.10. The van der Waals surface area contributed by atoms with E-state index in [0.717, 1.165) is 6.04 Å². The van der Waals surface area contributed by atoms with Gasteiger partial charge in [-0.15, -0.1) is 0 Å². The van der Waals surface area contributed by atoms with E-state index in [2.05, 4.69) is 39.0 Å². The number of rotatable bonds is 1. The predicted octanol–water partition coefficient (Wildman–Crippen LogP) is 3.79. The summed E-state index contributed by atoms with van der Waals surface area (Å²) in [6.07, 6.45) is 8.13. The average Bonchev–Trinajstić information content (AvgIpc) is 2.39. The summed E-state index contributed by atoms with van der Waals surface area (Å²) in [7, 11) is 0. The van der Waals surface area contributed by atoms with E-state index in [9.17, 15) is 0 Å². The molecule has 1 aromatic carbocycles. The third-order valence-electron chi connectivity index (χ3n) is 4.28. The molecule has 1 aliphatic carbocycles. The zero-order valence-electron chi connectivity index (χ0n) is 10.3. The van der Waals surface area contributed by atoms with Gasteiger partial charge < -0.3 is 4.90 Å². The van der Waals surface area contributed by atoms with Crippen molar-refractivity contribution >= 4 is 15.9 Å². The van der Waals surface area contributed by atoms with E-state index in [0.29, 0.717) is 0 Å². The predicted molar refractivity (Wildman–Crippen MR) is 75.4 cm³/mol. The SMILES string of the molecule is Brc1ccc2c(c1)CCC(N1CCCCC1)C2. The van der Waals surface area contributed by atoms with Crippen molar-refractivity contribution in [1.29, 1.82) is 0 Å². The minimum Gasteiger partial charge on any atom is -0.300 e. The smallest absolute Gasteiger partial charge is 0.0178 e. The summed E-state index contributed by atoms with van der Waals surface area (Å²) in [5, 5.41) is 0. The molecule has 1 aromatic rings.